The van der Waals surface area contributed by atoms with Gasteiger partial charge in [0.15, 0.2) is 0 Å². The molecule has 0 saturated carbocycles. The Balaban J connectivity index is 1.80. The van der Waals surface area contributed by atoms with E-state index in [1.807, 2.05) is 0 Å². The van der Waals surface area contributed by atoms with Crippen LogP contribution in [-0.4, -0.2) is 4.98 Å². The van der Waals surface area contributed by atoms with Crippen molar-refractivity contribution in [3.63, 3.8) is 0 Å². The van der Waals surface area contributed by atoms with Crippen molar-refractivity contribution >= 4 is 32.8 Å². The van der Waals surface area contributed by atoms with Crippen LogP contribution in [0.15, 0.2) is 65.1 Å². The Morgan fingerprint density at radius 2 is 1.68 bits per heavy atom. The molecule has 154 valence electrons. The summed E-state index contributed by atoms with van der Waals surface area (Å²) < 4.78 is 6.55. The van der Waals surface area contributed by atoms with Gasteiger partial charge in [0.05, 0.1) is 11.2 Å². The molecule has 2 nitrogen and oxygen atoms in total. The van der Waals surface area contributed by atoms with Crippen molar-refractivity contribution in [2.24, 2.45) is 5.41 Å². The van der Waals surface area contributed by atoms with E-state index >= 15 is 0 Å². The first-order valence-electron chi connectivity index (χ1n) is 11.1. The van der Waals surface area contributed by atoms with Crippen LogP contribution in [0.25, 0.3) is 44.1 Å². The standard InChI is InChI=1S/C29H27NO/c1-28(2,3)16-18-13-14-20-25-24-19(10-8-12-23(24)31-27(18)25)26-21(29(20,4)5)15-17-9-6-7-11-22(17)30-26/h6-15H,16H2,1-5H3. The molecule has 1 aliphatic rings. The minimum atomic E-state index is -0.194. The second-order valence-electron chi connectivity index (χ2n) is 10.7. The molecule has 1 aliphatic carbocycles. The molecule has 0 radical (unpaired) electrons. The Morgan fingerprint density at radius 3 is 2.48 bits per heavy atom. The number of nitrogens with zero attached hydrogens (tertiary/aromatic N) is 1. The molecule has 2 heteroatoms. The lowest BCUT2D eigenvalue weighted by Gasteiger charge is -2.28. The van der Waals surface area contributed by atoms with Crippen molar-refractivity contribution in [3.8, 4) is 11.3 Å². The molecule has 6 rings (SSSR count). The number of para-hydroxylation sites is 1. The molecule has 5 aromatic rings. The quantitative estimate of drug-likeness (QED) is 0.282. The summed E-state index contributed by atoms with van der Waals surface area (Å²) in [6, 6.07) is 21.8. The SMILES string of the molecule is CC(C)(C)Cc1ccc2c3c1oc1cccc(c13)-c1nc3ccccc3cc1C2(C)C. The van der Waals surface area contributed by atoms with E-state index in [1.165, 1.54) is 38.4 Å². The Kier molecular flexibility index (Phi) is 3.59. The molecular formula is C29H27NO. The lowest BCUT2D eigenvalue weighted by molar-refractivity contribution is 0.410. The zero-order chi connectivity index (χ0) is 21.5. The molecule has 0 aliphatic heterocycles. The fraction of sp³-hybridized carbons (Fsp3) is 0.276. The van der Waals surface area contributed by atoms with Crippen molar-refractivity contribution in [2.45, 2.75) is 46.5 Å². The molecule has 2 aromatic heterocycles. The number of benzene rings is 3. The highest BCUT2D eigenvalue weighted by molar-refractivity contribution is 6.16. The van der Waals surface area contributed by atoms with Gasteiger partial charge >= 0.3 is 0 Å². The number of fused-ring (bicyclic) bond motifs is 3. The molecular weight excluding hydrogens is 378 g/mol. The number of hydrogen-bond donors (Lipinski definition) is 0. The van der Waals surface area contributed by atoms with E-state index in [9.17, 15) is 0 Å². The number of pyridine rings is 1. The van der Waals surface area contributed by atoms with Crippen LogP contribution in [0.3, 0.4) is 0 Å². The van der Waals surface area contributed by atoms with Gasteiger partial charge in [0, 0.05) is 27.1 Å². The summed E-state index contributed by atoms with van der Waals surface area (Å²) in [6.07, 6.45) is 0.981. The normalized spacial score (nSPS) is 15.0. The first-order chi connectivity index (χ1) is 14.7. The average molecular weight is 406 g/mol. The van der Waals surface area contributed by atoms with Gasteiger partial charge in [-0.1, -0.05) is 77.1 Å². The minimum absolute atomic E-state index is 0.189. The first-order valence-corrected chi connectivity index (χ1v) is 11.1. The highest BCUT2D eigenvalue weighted by atomic mass is 16.3. The molecule has 0 atom stereocenters. The highest BCUT2D eigenvalue weighted by Crippen LogP contribution is 2.50. The minimum Gasteiger partial charge on any atom is -0.456 e. The van der Waals surface area contributed by atoms with Crippen LogP contribution in [0, 0.1) is 5.41 Å². The highest BCUT2D eigenvalue weighted by Gasteiger charge is 2.35. The molecule has 0 saturated heterocycles. The van der Waals surface area contributed by atoms with Crippen molar-refractivity contribution in [1.82, 2.24) is 4.98 Å². The second kappa shape index (κ2) is 5.97. The molecule has 0 unspecified atom stereocenters. The van der Waals surface area contributed by atoms with E-state index in [0.717, 1.165) is 28.8 Å². The van der Waals surface area contributed by atoms with Crippen molar-refractivity contribution in [2.75, 3.05) is 0 Å². The van der Waals surface area contributed by atoms with Gasteiger partial charge in [0.2, 0.25) is 0 Å². The molecule has 2 heterocycles. The second-order valence-corrected chi connectivity index (χ2v) is 10.7. The summed E-state index contributed by atoms with van der Waals surface area (Å²) in [5, 5.41) is 3.66. The third kappa shape index (κ3) is 2.61. The van der Waals surface area contributed by atoms with Crippen LogP contribution in [0.1, 0.15) is 51.3 Å². The number of furan rings is 1. The maximum atomic E-state index is 6.55. The molecule has 3 aromatic carbocycles. The smallest absolute Gasteiger partial charge is 0.138 e. The topological polar surface area (TPSA) is 26.0 Å². The summed E-state index contributed by atoms with van der Waals surface area (Å²) in [5.74, 6) is 0. The van der Waals surface area contributed by atoms with E-state index in [0.29, 0.717) is 0 Å². The van der Waals surface area contributed by atoms with E-state index in [4.69, 9.17) is 9.40 Å². The Bertz CT molecular complexity index is 1510. The Hall–Kier alpha value is -3.13. The van der Waals surface area contributed by atoms with Gasteiger partial charge in [0.1, 0.15) is 11.2 Å². The third-order valence-electron chi connectivity index (χ3n) is 6.77. The largest absolute Gasteiger partial charge is 0.456 e. The first kappa shape index (κ1) is 18.6. The molecule has 0 amide bonds. The predicted octanol–water partition coefficient (Wildman–Crippen LogP) is 8.03. The molecule has 0 spiro atoms. The number of aromatic nitrogens is 1. The van der Waals surface area contributed by atoms with Gasteiger partial charge in [-0.3, -0.25) is 0 Å². The van der Waals surface area contributed by atoms with E-state index in [1.54, 1.807) is 0 Å². The van der Waals surface area contributed by atoms with Crippen LogP contribution in [0.5, 0.6) is 0 Å². The van der Waals surface area contributed by atoms with Crippen molar-refractivity contribution < 1.29 is 4.42 Å². The number of rotatable bonds is 1. The molecule has 31 heavy (non-hydrogen) atoms. The Morgan fingerprint density at radius 1 is 0.871 bits per heavy atom. The number of hydrogen-bond acceptors (Lipinski definition) is 2. The van der Waals surface area contributed by atoms with Gasteiger partial charge in [-0.05, 0) is 46.7 Å². The van der Waals surface area contributed by atoms with Crippen LogP contribution in [0.2, 0.25) is 0 Å². The van der Waals surface area contributed by atoms with Crippen LogP contribution < -0.4 is 0 Å². The predicted molar refractivity (Wildman–Crippen MR) is 130 cm³/mol. The summed E-state index contributed by atoms with van der Waals surface area (Å²) in [4.78, 5) is 5.19. The Labute approximate surface area is 182 Å². The van der Waals surface area contributed by atoms with E-state index < -0.39 is 0 Å². The third-order valence-corrected chi connectivity index (χ3v) is 6.77. The van der Waals surface area contributed by atoms with Crippen LogP contribution in [-0.2, 0) is 11.8 Å². The zero-order valence-electron chi connectivity index (χ0n) is 18.8. The van der Waals surface area contributed by atoms with Crippen LogP contribution in [0.4, 0.5) is 0 Å². The van der Waals surface area contributed by atoms with Gasteiger partial charge in [0.25, 0.3) is 0 Å². The van der Waals surface area contributed by atoms with Gasteiger partial charge < -0.3 is 4.42 Å². The summed E-state index contributed by atoms with van der Waals surface area (Å²) in [6.45, 7) is 11.5. The van der Waals surface area contributed by atoms with Gasteiger partial charge in [-0.15, -0.1) is 0 Å². The van der Waals surface area contributed by atoms with Crippen molar-refractivity contribution in [3.05, 3.63) is 77.4 Å². The summed E-state index contributed by atoms with van der Waals surface area (Å²) in [7, 11) is 0. The summed E-state index contributed by atoms with van der Waals surface area (Å²) in [5.41, 5.74) is 9.16. The maximum Gasteiger partial charge on any atom is 0.138 e. The van der Waals surface area contributed by atoms with Gasteiger partial charge in [-0.2, -0.15) is 0 Å². The van der Waals surface area contributed by atoms with E-state index in [-0.39, 0.29) is 10.8 Å². The van der Waals surface area contributed by atoms with Gasteiger partial charge in [-0.25, -0.2) is 4.98 Å². The molecule has 0 N–H and O–H groups in total. The average Bonchev–Trinajstić information content (AvgIpc) is 3.08. The maximum absolute atomic E-state index is 6.55. The van der Waals surface area contributed by atoms with Crippen LogP contribution >= 0.6 is 0 Å². The molecule has 0 fully saturated rings. The van der Waals surface area contributed by atoms with Crippen molar-refractivity contribution in [1.29, 1.82) is 0 Å². The lowest BCUT2D eigenvalue weighted by Crippen LogP contribution is -2.20. The fourth-order valence-electron chi connectivity index (χ4n) is 5.35. The zero-order valence-corrected chi connectivity index (χ0v) is 18.8. The summed E-state index contributed by atoms with van der Waals surface area (Å²) >= 11 is 0. The lowest BCUT2D eigenvalue weighted by atomic mass is 9.75. The molecule has 0 bridgehead atoms. The monoisotopic (exact) mass is 405 g/mol. The fourth-order valence-corrected chi connectivity index (χ4v) is 5.35. The van der Waals surface area contributed by atoms with E-state index in [2.05, 4.69) is 95.3 Å².